The Bertz CT molecular complexity index is 448. The van der Waals surface area contributed by atoms with Gasteiger partial charge in [-0.2, -0.15) is 13.2 Å². The molecule has 0 aliphatic carbocycles. The third-order valence-corrected chi connectivity index (χ3v) is 2.28. The lowest BCUT2D eigenvalue weighted by Crippen LogP contribution is -2.28. The Morgan fingerprint density at radius 2 is 2.00 bits per heavy atom. The molecular weight excluding hydrogens is 346 g/mol. The zero-order valence-corrected chi connectivity index (χ0v) is 13.4. The summed E-state index contributed by atoms with van der Waals surface area (Å²) in [6.45, 7) is -0.345. The van der Waals surface area contributed by atoms with Crippen LogP contribution in [0.15, 0.2) is 18.3 Å². The van der Waals surface area contributed by atoms with Crippen LogP contribution in [0.25, 0.3) is 0 Å². The molecule has 0 unspecified atom stereocenters. The quantitative estimate of drug-likeness (QED) is 0.729. The van der Waals surface area contributed by atoms with Gasteiger partial charge in [-0.05, 0) is 32.1 Å². The van der Waals surface area contributed by atoms with Gasteiger partial charge in [0.2, 0.25) is 5.88 Å². The number of carbonyl (C=O) groups excluding carboxylic acids is 1. The smallest absolute Gasteiger partial charge is 0.422 e. The molecule has 0 saturated heterocycles. The third-order valence-electron chi connectivity index (χ3n) is 2.28. The van der Waals surface area contributed by atoms with Crippen LogP contribution in [0.2, 0.25) is 0 Å². The molecule has 22 heavy (non-hydrogen) atoms. The van der Waals surface area contributed by atoms with Gasteiger partial charge in [0.1, 0.15) is 5.56 Å². The molecule has 0 fully saturated rings. The molecule has 0 bridgehead atoms. The molecular formula is C12H18Cl2F3N3O2. The van der Waals surface area contributed by atoms with Crippen LogP contribution in [0.1, 0.15) is 16.8 Å². The number of amides is 1. The van der Waals surface area contributed by atoms with E-state index in [0.717, 1.165) is 6.54 Å². The number of hydrogen-bond donors (Lipinski definition) is 2. The number of hydrogen-bond acceptors (Lipinski definition) is 4. The second-order valence-electron chi connectivity index (χ2n) is 3.97. The van der Waals surface area contributed by atoms with Gasteiger partial charge in [0.25, 0.3) is 5.91 Å². The van der Waals surface area contributed by atoms with Crippen LogP contribution in [0.3, 0.4) is 0 Å². The molecule has 5 nitrogen and oxygen atoms in total. The van der Waals surface area contributed by atoms with E-state index in [1.807, 2.05) is 0 Å². The average molecular weight is 364 g/mol. The molecule has 0 aliphatic heterocycles. The zero-order valence-electron chi connectivity index (χ0n) is 11.8. The summed E-state index contributed by atoms with van der Waals surface area (Å²) in [5.41, 5.74) is -0.0128. The minimum Gasteiger partial charge on any atom is -0.467 e. The van der Waals surface area contributed by atoms with Crippen molar-refractivity contribution in [2.45, 2.75) is 12.6 Å². The Labute approximate surface area is 138 Å². The summed E-state index contributed by atoms with van der Waals surface area (Å²) in [5, 5.41) is 5.51. The van der Waals surface area contributed by atoms with Gasteiger partial charge in [0.15, 0.2) is 6.61 Å². The number of nitrogens with zero attached hydrogens (tertiary/aromatic N) is 1. The topological polar surface area (TPSA) is 63.2 Å². The van der Waals surface area contributed by atoms with Gasteiger partial charge in [-0.3, -0.25) is 4.79 Å². The van der Waals surface area contributed by atoms with E-state index in [9.17, 15) is 18.0 Å². The fraction of sp³-hybridized carbons (Fsp3) is 0.500. The van der Waals surface area contributed by atoms with Crippen molar-refractivity contribution in [3.8, 4) is 5.88 Å². The van der Waals surface area contributed by atoms with Crippen LogP contribution in [0.5, 0.6) is 5.88 Å². The molecule has 0 spiro atoms. The van der Waals surface area contributed by atoms with Crippen LogP contribution in [-0.4, -0.2) is 43.8 Å². The number of halogens is 5. The molecule has 0 aliphatic rings. The predicted molar refractivity (Wildman–Crippen MR) is 81.2 cm³/mol. The molecule has 1 heterocycles. The van der Waals surface area contributed by atoms with E-state index in [1.165, 1.54) is 18.3 Å². The summed E-state index contributed by atoms with van der Waals surface area (Å²) in [5.74, 6) is -0.831. The van der Waals surface area contributed by atoms with Crippen molar-refractivity contribution in [2.75, 3.05) is 26.7 Å². The van der Waals surface area contributed by atoms with Crippen molar-refractivity contribution < 1.29 is 22.7 Å². The summed E-state index contributed by atoms with van der Waals surface area (Å²) in [6, 6.07) is 2.83. The molecule has 0 radical (unpaired) electrons. The number of ether oxygens (including phenoxy) is 1. The van der Waals surface area contributed by atoms with Gasteiger partial charge < -0.3 is 15.4 Å². The Kier molecular flexibility index (Phi) is 11.9. The number of pyridine rings is 1. The minimum atomic E-state index is -4.47. The Balaban J connectivity index is 0. The minimum absolute atomic E-state index is 0. The first-order valence-electron chi connectivity index (χ1n) is 6.01. The van der Waals surface area contributed by atoms with Gasteiger partial charge in [-0.15, -0.1) is 24.8 Å². The second-order valence-corrected chi connectivity index (χ2v) is 3.97. The van der Waals surface area contributed by atoms with Crippen molar-refractivity contribution in [3.05, 3.63) is 23.9 Å². The molecule has 2 N–H and O–H groups in total. The van der Waals surface area contributed by atoms with Crippen molar-refractivity contribution in [2.24, 2.45) is 0 Å². The Morgan fingerprint density at radius 3 is 2.59 bits per heavy atom. The Hall–Kier alpha value is -1.25. The molecule has 1 amide bonds. The third kappa shape index (κ3) is 8.91. The lowest BCUT2D eigenvalue weighted by Gasteiger charge is -2.12. The number of nitrogens with one attached hydrogen (secondary N) is 2. The molecule has 1 aromatic rings. The monoisotopic (exact) mass is 363 g/mol. The molecule has 0 atom stereocenters. The molecule has 128 valence electrons. The van der Waals surface area contributed by atoms with Crippen LogP contribution in [-0.2, 0) is 0 Å². The van der Waals surface area contributed by atoms with Crippen LogP contribution >= 0.6 is 24.8 Å². The van der Waals surface area contributed by atoms with E-state index in [4.69, 9.17) is 0 Å². The van der Waals surface area contributed by atoms with Crippen LogP contribution < -0.4 is 15.4 Å². The predicted octanol–water partition coefficient (Wildman–Crippen LogP) is 2.21. The molecule has 0 aromatic carbocycles. The number of rotatable bonds is 7. The van der Waals surface area contributed by atoms with Gasteiger partial charge >= 0.3 is 6.18 Å². The van der Waals surface area contributed by atoms with Gasteiger partial charge in [0, 0.05) is 12.7 Å². The summed E-state index contributed by atoms with van der Waals surface area (Å²) in [7, 11) is 1.78. The number of alkyl halides is 3. The van der Waals surface area contributed by atoms with Crippen molar-refractivity contribution in [1.82, 2.24) is 15.6 Å². The van der Waals surface area contributed by atoms with Gasteiger partial charge in [0.05, 0.1) is 0 Å². The highest BCUT2D eigenvalue weighted by Gasteiger charge is 2.29. The summed E-state index contributed by atoms with van der Waals surface area (Å²) in [6.07, 6.45) is -2.50. The fourth-order valence-electron chi connectivity index (χ4n) is 1.39. The van der Waals surface area contributed by atoms with E-state index < -0.39 is 18.7 Å². The summed E-state index contributed by atoms with van der Waals surface area (Å²) in [4.78, 5) is 15.5. The first-order valence-corrected chi connectivity index (χ1v) is 6.01. The van der Waals surface area contributed by atoms with Crippen LogP contribution in [0, 0.1) is 0 Å². The van der Waals surface area contributed by atoms with Crippen molar-refractivity contribution in [3.63, 3.8) is 0 Å². The first kappa shape index (κ1) is 23.0. The molecule has 1 rings (SSSR count). The number of aromatic nitrogens is 1. The van der Waals surface area contributed by atoms with Crippen molar-refractivity contribution in [1.29, 1.82) is 0 Å². The zero-order chi connectivity index (χ0) is 15.0. The Morgan fingerprint density at radius 1 is 1.32 bits per heavy atom. The normalized spacial score (nSPS) is 10.2. The maximum Gasteiger partial charge on any atom is 0.422 e. The highest BCUT2D eigenvalue weighted by atomic mass is 35.5. The lowest BCUT2D eigenvalue weighted by molar-refractivity contribution is -0.154. The summed E-state index contributed by atoms with van der Waals surface area (Å²) < 4.78 is 40.8. The second kappa shape index (κ2) is 11.3. The van der Waals surface area contributed by atoms with E-state index in [-0.39, 0.29) is 36.3 Å². The average Bonchev–Trinajstić information content (AvgIpc) is 2.40. The summed E-state index contributed by atoms with van der Waals surface area (Å²) >= 11 is 0. The van der Waals surface area contributed by atoms with E-state index >= 15 is 0 Å². The molecule has 1 aromatic heterocycles. The van der Waals surface area contributed by atoms with Gasteiger partial charge in [-0.25, -0.2) is 4.98 Å². The molecule has 0 saturated carbocycles. The highest BCUT2D eigenvalue weighted by molar-refractivity contribution is 5.96. The van der Waals surface area contributed by atoms with E-state index in [1.54, 1.807) is 7.05 Å². The number of carbonyl (C=O) groups is 1. The standard InChI is InChI=1S/C12H16F3N3O2.2ClH/c1-16-5-3-7-17-10(19)9-4-2-6-18-11(9)20-8-12(13,14)15;;/h2,4,6,16H,3,5,7-8H2,1H3,(H,17,19);2*1H. The van der Waals surface area contributed by atoms with E-state index in [0.29, 0.717) is 13.0 Å². The first-order chi connectivity index (χ1) is 9.44. The maximum absolute atomic E-state index is 12.1. The lowest BCUT2D eigenvalue weighted by atomic mass is 10.2. The maximum atomic E-state index is 12.1. The molecule has 10 heteroatoms. The fourth-order valence-corrected chi connectivity index (χ4v) is 1.39. The highest BCUT2D eigenvalue weighted by Crippen LogP contribution is 2.19. The van der Waals surface area contributed by atoms with Gasteiger partial charge in [-0.1, -0.05) is 0 Å². The SMILES string of the molecule is CNCCCNC(=O)c1cccnc1OCC(F)(F)F.Cl.Cl. The van der Waals surface area contributed by atoms with Crippen LogP contribution in [0.4, 0.5) is 13.2 Å². The van der Waals surface area contributed by atoms with E-state index in [2.05, 4.69) is 20.4 Å². The largest absolute Gasteiger partial charge is 0.467 e. The van der Waals surface area contributed by atoms with Crippen molar-refractivity contribution >= 4 is 30.7 Å².